The van der Waals surface area contributed by atoms with Crippen molar-refractivity contribution in [3.05, 3.63) is 78.1 Å². The van der Waals surface area contributed by atoms with E-state index in [1.165, 1.54) is 43.9 Å². The lowest BCUT2D eigenvalue weighted by molar-refractivity contribution is 0.513. The van der Waals surface area contributed by atoms with Gasteiger partial charge in [0.25, 0.3) is 0 Å². The number of hydrogen-bond donors (Lipinski definition) is 0. The largest absolute Gasteiger partial charge is 0.460 e. The average molecular weight is 363 g/mol. The molecule has 0 saturated heterocycles. The molecule has 2 heteroatoms. The second-order valence-electron chi connectivity index (χ2n) is 7.97. The van der Waals surface area contributed by atoms with Gasteiger partial charge in [0.1, 0.15) is 11.3 Å². The molecule has 6 rings (SSSR count). The van der Waals surface area contributed by atoms with Crippen LogP contribution in [0.25, 0.3) is 50.0 Å². The van der Waals surface area contributed by atoms with Crippen molar-refractivity contribution in [2.24, 2.45) is 13.0 Å². The van der Waals surface area contributed by atoms with E-state index in [0.717, 1.165) is 17.8 Å². The number of benzene rings is 3. The Balaban J connectivity index is 1.65. The molecule has 2 nitrogen and oxygen atoms in total. The van der Waals surface area contributed by atoms with Crippen molar-refractivity contribution in [3.8, 4) is 11.1 Å². The van der Waals surface area contributed by atoms with Gasteiger partial charge in [-0.1, -0.05) is 55.5 Å². The maximum atomic E-state index is 6.23. The van der Waals surface area contributed by atoms with Gasteiger partial charge in [0.2, 0.25) is 0 Å². The molecule has 0 aliphatic heterocycles. The summed E-state index contributed by atoms with van der Waals surface area (Å²) >= 11 is 0. The van der Waals surface area contributed by atoms with Crippen LogP contribution in [-0.2, 0) is 13.5 Å². The van der Waals surface area contributed by atoms with Gasteiger partial charge in [-0.25, -0.2) is 0 Å². The zero-order valence-electron chi connectivity index (χ0n) is 16.1. The Bertz CT molecular complexity index is 1410. The Kier molecular flexibility index (Phi) is 3.16. The van der Waals surface area contributed by atoms with Crippen LogP contribution in [0.1, 0.15) is 18.2 Å². The molecule has 1 aliphatic carbocycles. The summed E-state index contributed by atoms with van der Waals surface area (Å²) in [5, 5.41) is 3.84. The van der Waals surface area contributed by atoms with E-state index in [1.54, 1.807) is 0 Å². The Morgan fingerprint density at radius 1 is 0.929 bits per heavy atom. The zero-order chi connectivity index (χ0) is 18.8. The molecule has 0 saturated carbocycles. The summed E-state index contributed by atoms with van der Waals surface area (Å²) in [6.07, 6.45) is 5.51. The lowest BCUT2D eigenvalue weighted by Crippen LogP contribution is -2.00. The molecule has 28 heavy (non-hydrogen) atoms. The molecule has 3 aromatic carbocycles. The van der Waals surface area contributed by atoms with E-state index >= 15 is 0 Å². The first-order chi connectivity index (χ1) is 13.7. The highest BCUT2D eigenvalue weighted by molar-refractivity contribution is 6.10. The van der Waals surface area contributed by atoms with Gasteiger partial charge in [0.15, 0.2) is 0 Å². The average Bonchev–Trinajstić information content (AvgIpc) is 3.23. The van der Waals surface area contributed by atoms with Gasteiger partial charge in [-0.3, -0.25) is 0 Å². The van der Waals surface area contributed by atoms with Crippen LogP contribution in [0.3, 0.4) is 0 Å². The molecule has 0 radical (unpaired) electrons. The fraction of sp³-hybridized carbons (Fsp3) is 0.154. The summed E-state index contributed by atoms with van der Waals surface area (Å²) in [6, 6.07) is 21.9. The number of allylic oxidation sites excluding steroid dienone is 1. The number of fused-ring (bicyclic) bond motifs is 6. The molecule has 0 bridgehead atoms. The molecule has 1 atom stereocenters. The van der Waals surface area contributed by atoms with Gasteiger partial charge in [-0.15, -0.1) is 0 Å². The second kappa shape index (κ2) is 5.62. The van der Waals surface area contributed by atoms with E-state index < -0.39 is 0 Å². The first-order valence-corrected chi connectivity index (χ1v) is 9.91. The summed E-state index contributed by atoms with van der Waals surface area (Å²) in [7, 11) is 2.14. The van der Waals surface area contributed by atoms with Crippen LogP contribution in [0, 0.1) is 5.92 Å². The van der Waals surface area contributed by atoms with Gasteiger partial charge in [-0.05, 0) is 41.3 Å². The second-order valence-corrected chi connectivity index (χ2v) is 7.97. The van der Waals surface area contributed by atoms with Gasteiger partial charge < -0.3 is 8.98 Å². The molecule has 2 heterocycles. The van der Waals surface area contributed by atoms with Crippen LogP contribution in [0.5, 0.6) is 0 Å². The Morgan fingerprint density at radius 2 is 1.79 bits per heavy atom. The Labute approximate surface area is 163 Å². The number of para-hydroxylation sites is 1. The van der Waals surface area contributed by atoms with Gasteiger partial charge in [0, 0.05) is 46.2 Å². The van der Waals surface area contributed by atoms with Crippen molar-refractivity contribution in [1.82, 2.24) is 4.57 Å². The van der Waals surface area contributed by atoms with Crippen LogP contribution in [-0.4, -0.2) is 4.57 Å². The fourth-order valence-corrected chi connectivity index (χ4v) is 4.75. The van der Waals surface area contributed by atoms with Crippen LogP contribution in [0.4, 0.5) is 0 Å². The topological polar surface area (TPSA) is 18.1 Å². The molecule has 5 aromatic rings. The minimum atomic E-state index is 0.531. The maximum absolute atomic E-state index is 6.23. The minimum absolute atomic E-state index is 0.531. The van der Waals surface area contributed by atoms with Crippen molar-refractivity contribution in [3.63, 3.8) is 0 Å². The number of aryl methyl sites for hydroxylation is 1. The SMILES string of the molecule is CC1C=Cc2c(oc3cccc(-c4ccc5c(c4)c4ccccc4n5C)c23)C1. The van der Waals surface area contributed by atoms with Crippen molar-refractivity contribution in [2.75, 3.05) is 0 Å². The predicted octanol–water partition coefficient (Wildman–Crippen LogP) is 6.95. The van der Waals surface area contributed by atoms with E-state index in [9.17, 15) is 0 Å². The Morgan fingerprint density at radius 3 is 2.71 bits per heavy atom. The lowest BCUT2D eigenvalue weighted by Gasteiger charge is -2.11. The molecule has 0 amide bonds. The highest BCUT2D eigenvalue weighted by Crippen LogP contribution is 2.40. The third-order valence-electron chi connectivity index (χ3n) is 6.15. The van der Waals surface area contributed by atoms with E-state index in [2.05, 4.69) is 91.4 Å². The van der Waals surface area contributed by atoms with Crippen LogP contribution >= 0.6 is 0 Å². The van der Waals surface area contributed by atoms with Gasteiger partial charge in [-0.2, -0.15) is 0 Å². The molecule has 0 N–H and O–H groups in total. The van der Waals surface area contributed by atoms with Crippen molar-refractivity contribution in [1.29, 1.82) is 0 Å². The van der Waals surface area contributed by atoms with Crippen molar-refractivity contribution < 1.29 is 4.42 Å². The zero-order valence-corrected chi connectivity index (χ0v) is 16.1. The number of nitrogens with zero attached hydrogens (tertiary/aromatic N) is 1. The first-order valence-electron chi connectivity index (χ1n) is 9.91. The fourth-order valence-electron chi connectivity index (χ4n) is 4.75. The number of aromatic nitrogens is 1. The van der Waals surface area contributed by atoms with Gasteiger partial charge >= 0.3 is 0 Å². The van der Waals surface area contributed by atoms with Crippen molar-refractivity contribution in [2.45, 2.75) is 13.3 Å². The highest BCUT2D eigenvalue weighted by Gasteiger charge is 2.20. The normalized spacial score (nSPS) is 16.3. The quantitative estimate of drug-likeness (QED) is 0.315. The molecule has 0 fully saturated rings. The minimum Gasteiger partial charge on any atom is -0.460 e. The maximum Gasteiger partial charge on any atom is 0.135 e. The van der Waals surface area contributed by atoms with Crippen LogP contribution < -0.4 is 0 Å². The number of hydrogen-bond acceptors (Lipinski definition) is 1. The van der Waals surface area contributed by atoms with E-state index in [4.69, 9.17) is 4.42 Å². The summed E-state index contributed by atoms with van der Waals surface area (Å²) < 4.78 is 8.51. The number of rotatable bonds is 1. The van der Waals surface area contributed by atoms with E-state index in [1.807, 2.05) is 0 Å². The van der Waals surface area contributed by atoms with Crippen LogP contribution in [0.15, 0.2) is 71.2 Å². The lowest BCUT2D eigenvalue weighted by atomic mass is 9.92. The molecular formula is C26H21NO. The first kappa shape index (κ1) is 15.8. The molecule has 1 unspecified atom stereocenters. The third kappa shape index (κ3) is 2.09. The van der Waals surface area contributed by atoms with Crippen LogP contribution in [0.2, 0.25) is 0 Å². The summed E-state index contributed by atoms with van der Waals surface area (Å²) in [5.41, 5.74) is 7.26. The molecule has 1 aliphatic rings. The molecule has 136 valence electrons. The van der Waals surface area contributed by atoms with E-state index in [0.29, 0.717) is 5.92 Å². The summed E-state index contributed by atoms with van der Waals surface area (Å²) in [5.74, 6) is 1.65. The van der Waals surface area contributed by atoms with Gasteiger partial charge in [0.05, 0.1) is 0 Å². The smallest absolute Gasteiger partial charge is 0.135 e. The Hall–Kier alpha value is -3.26. The highest BCUT2D eigenvalue weighted by atomic mass is 16.3. The summed E-state index contributed by atoms with van der Waals surface area (Å²) in [6.45, 7) is 2.24. The standard InChI is InChI=1S/C26H21NO/c1-16-10-12-20-25(14-16)28-24-9-5-7-18(26(20)24)17-11-13-23-21(15-17)19-6-3-4-8-22(19)27(23)2/h3-13,15-16H,14H2,1-2H3. The molecule has 0 spiro atoms. The van der Waals surface area contributed by atoms with Crippen molar-refractivity contribution >= 4 is 38.9 Å². The monoisotopic (exact) mass is 363 g/mol. The number of furan rings is 1. The molecule has 2 aromatic heterocycles. The van der Waals surface area contributed by atoms with E-state index in [-0.39, 0.29) is 0 Å². The third-order valence-corrected chi connectivity index (χ3v) is 6.15. The molecular weight excluding hydrogens is 342 g/mol. The predicted molar refractivity (Wildman–Crippen MR) is 118 cm³/mol. The summed E-state index contributed by atoms with van der Waals surface area (Å²) in [4.78, 5) is 0.